The van der Waals surface area contributed by atoms with Crippen LogP contribution in [0.4, 0.5) is 0 Å². The number of thioether (sulfide) groups is 1. The molecule has 0 bridgehead atoms. The Bertz CT molecular complexity index is 331. The van der Waals surface area contributed by atoms with E-state index < -0.39 is 0 Å². The molecular formula is C11H13NS. The molecule has 2 rings (SSSR count). The number of aryl methyl sites for hydroxylation is 1. The first-order valence-electron chi connectivity index (χ1n) is 4.66. The summed E-state index contributed by atoms with van der Waals surface area (Å²) in [6.07, 6.45) is 1.10. The summed E-state index contributed by atoms with van der Waals surface area (Å²) in [7, 11) is 0. The Balaban J connectivity index is 2.29. The summed E-state index contributed by atoms with van der Waals surface area (Å²) >= 11 is 1.86. The molecule has 1 aromatic rings. The monoisotopic (exact) mass is 191 g/mol. The quantitative estimate of drug-likeness (QED) is 0.700. The number of hydrogen-bond donors (Lipinski definition) is 0. The van der Waals surface area contributed by atoms with Crippen molar-refractivity contribution in [2.75, 3.05) is 12.3 Å². The molecule has 1 aliphatic rings. The molecule has 1 aromatic carbocycles. The van der Waals surface area contributed by atoms with Crippen LogP contribution in [0.2, 0.25) is 0 Å². The summed E-state index contributed by atoms with van der Waals surface area (Å²) in [5.41, 5.74) is 2.69. The van der Waals surface area contributed by atoms with Crippen LogP contribution in [0, 0.1) is 0 Å². The van der Waals surface area contributed by atoms with Gasteiger partial charge in [0.2, 0.25) is 0 Å². The predicted molar refractivity (Wildman–Crippen MR) is 59.7 cm³/mol. The Morgan fingerprint density at radius 3 is 3.08 bits per heavy atom. The molecule has 1 heterocycles. The summed E-state index contributed by atoms with van der Waals surface area (Å²) in [6.45, 7) is 3.17. The summed E-state index contributed by atoms with van der Waals surface area (Å²) in [6, 6.07) is 8.69. The normalized spacial score (nSPS) is 15.9. The van der Waals surface area contributed by atoms with Gasteiger partial charge < -0.3 is 0 Å². The first-order chi connectivity index (χ1) is 6.40. The molecule has 0 atom stereocenters. The second kappa shape index (κ2) is 3.97. The molecule has 0 saturated carbocycles. The molecule has 1 aliphatic heterocycles. The highest BCUT2D eigenvalue weighted by atomic mass is 32.2. The van der Waals surface area contributed by atoms with Gasteiger partial charge in [-0.3, -0.25) is 4.99 Å². The third-order valence-corrected chi connectivity index (χ3v) is 3.19. The Hall–Kier alpha value is -0.760. The molecule has 0 unspecified atom stereocenters. The fourth-order valence-electron chi connectivity index (χ4n) is 1.43. The Morgan fingerprint density at radius 1 is 1.46 bits per heavy atom. The molecule has 0 fully saturated rings. The highest BCUT2D eigenvalue weighted by molar-refractivity contribution is 8.14. The van der Waals surface area contributed by atoms with E-state index in [1.54, 1.807) is 0 Å². The molecule has 13 heavy (non-hydrogen) atoms. The first-order valence-corrected chi connectivity index (χ1v) is 5.65. The number of hydrogen-bond acceptors (Lipinski definition) is 2. The topological polar surface area (TPSA) is 12.4 Å². The summed E-state index contributed by atoms with van der Waals surface area (Å²) in [4.78, 5) is 4.46. The van der Waals surface area contributed by atoms with Crippen LogP contribution < -0.4 is 0 Å². The first kappa shape index (κ1) is 8.82. The zero-order chi connectivity index (χ0) is 9.10. The van der Waals surface area contributed by atoms with Crippen molar-refractivity contribution in [2.45, 2.75) is 13.3 Å². The van der Waals surface area contributed by atoms with Gasteiger partial charge >= 0.3 is 0 Å². The molecule has 68 valence electrons. The van der Waals surface area contributed by atoms with Crippen molar-refractivity contribution in [2.24, 2.45) is 4.99 Å². The van der Waals surface area contributed by atoms with E-state index in [-0.39, 0.29) is 0 Å². The molecule has 0 amide bonds. The van der Waals surface area contributed by atoms with E-state index in [0.717, 1.165) is 18.7 Å². The van der Waals surface area contributed by atoms with Crippen molar-refractivity contribution in [3.63, 3.8) is 0 Å². The Morgan fingerprint density at radius 2 is 2.38 bits per heavy atom. The van der Waals surface area contributed by atoms with Crippen LogP contribution in [0.25, 0.3) is 0 Å². The molecule has 2 heteroatoms. The van der Waals surface area contributed by atoms with Crippen LogP contribution in [0.15, 0.2) is 29.3 Å². The average Bonchev–Trinajstić information content (AvgIpc) is 2.71. The van der Waals surface area contributed by atoms with Crippen LogP contribution in [0.5, 0.6) is 0 Å². The SMILES string of the molecule is CCc1cccc(C2=NCCS2)c1. The van der Waals surface area contributed by atoms with E-state index >= 15 is 0 Å². The van der Waals surface area contributed by atoms with Crippen LogP contribution in [0.3, 0.4) is 0 Å². The minimum atomic E-state index is 0.982. The van der Waals surface area contributed by atoms with E-state index in [1.807, 2.05) is 11.8 Å². The van der Waals surface area contributed by atoms with Crippen molar-refractivity contribution >= 4 is 16.8 Å². The molecule has 0 aliphatic carbocycles. The smallest absolute Gasteiger partial charge is 0.0977 e. The summed E-state index contributed by atoms with van der Waals surface area (Å²) in [5.74, 6) is 1.14. The Kier molecular flexibility index (Phi) is 2.69. The van der Waals surface area contributed by atoms with Crippen molar-refractivity contribution < 1.29 is 0 Å². The fraction of sp³-hybridized carbons (Fsp3) is 0.364. The minimum Gasteiger partial charge on any atom is -0.277 e. The van der Waals surface area contributed by atoms with Crippen LogP contribution in [-0.2, 0) is 6.42 Å². The van der Waals surface area contributed by atoms with Crippen LogP contribution in [0.1, 0.15) is 18.1 Å². The molecular weight excluding hydrogens is 178 g/mol. The van der Waals surface area contributed by atoms with Gasteiger partial charge in [-0.1, -0.05) is 25.1 Å². The lowest BCUT2D eigenvalue weighted by atomic mass is 10.1. The van der Waals surface area contributed by atoms with E-state index in [0.29, 0.717) is 0 Å². The van der Waals surface area contributed by atoms with Gasteiger partial charge in [0.05, 0.1) is 5.04 Å². The van der Waals surface area contributed by atoms with Crippen molar-refractivity contribution in [1.82, 2.24) is 0 Å². The maximum absolute atomic E-state index is 4.46. The average molecular weight is 191 g/mol. The van der Waals surface area contributed by atoms with Crippen molar-refractivity contribution in [3.8, 4) is 0 Å². The van der Waals surface area contributed by atoms with E-state index in [2.05, 4.69) is 36.2 Å². The second-order valence-corrected chi connectivity index (χ2v) is 4.17. The third kappa shape index (κ3) is 1.94. The maximum atomic E-state index is 4.46. The van der Waals surface area contributed by atoms with Crippen molar-refractivity contribution in [3.05, 3.63) is 35.4 Å². The maximum Gasteiger partial charge on any atom is 0.0977 e. The fourth-order valence-corrected chi connectivity index (χ4v) is 2.29. The second-order valence-electron chi connectivity index (χ2n) is 3.09. The van der Waals surface area contributed by atoms with E-state index in [4.69, 9.17) is 0 Å². The lowest BCUT2D eigenvalue weighted by Gasteiger charge is -2.01. The third-order valence-electron chi connectivity index (χ3n) is 2.17. The van der Waals surface area contributed by atoms with Gasteiger partial charge in [-0.2, -0.15) is 0 Å². The van der Waals surface area contributed by atoms with Crippen molar-refractivity contribution in [1.29, 1.82) is 0 Å². The molecule has 0 N–H and O–H groups in total. The highest BCUT2D eigenvalue weighted by Gasteiger charge is 2.09. The van der Waals surface area contributed by atoms with Gasteiger partial charge in [0.25, 0.3) is 0 Å². The number of aliphatic imine (C=N–C) groups is 1. The number of benzene rings is 1. The van der Waals surface area contributed by atoms with Gasteiger partial charge in [0, 0.05) is 17.9 Å². The van der Waals surface area contributed by atoms with Crippen LogP contribution >= 0.6 is 11.8 Å². The molecule has 0 saturated heterocycles. The summed E-state index contributed by atoms with van der Waals surface area (Å²) < 4.78 is 0. The zero-order valence-electron chi connectivity index (χ0n) is 7.79. The molecule has 0 radical (unpaired) electrons. The molecule has 0 spiro atoms. The van der Waals surface area contributed by atoms with Gasteiger partial charge in [-0.15, -0.1) is 11.8 Å². The predicted octanol–water partition coefficient (Wildman–Crippen LogP) is 2.74. The van der Waals surface area contributed by atoms with Gasteiger partial charge in [0.15, 0.2) is 0 Å². The van der Waals surface area contributed by atoms with Crippen LogP contribution in [-0.4, -0.2) is 17.3 Å². The van der Waals surface area contributed by atoms with Gasteiger partial charge in [0.1, 0.15) is 0 Å². The molecule has 1 nitrogen and oxygen atoms in total. The zero-order valence-corrected chi connectivity index (χ0v) is 8.60. The molecule has 0 aromatic heterocycles. The van der Waals surface area contributed by atoms with E-state index in [1.165, 1.54) is 16.2 Å². The minimum absolute atomic E-state index is 0.982. The Labute approximate surface area is 83.3 Å². The van der Waals surface area contributed by atoms with E-state index in [9.17, 15) is 0 Å². The highest BCUT2D eigenvalue weighted by Crippen LogP contribution is 2.19. The largest absolute Gasteiger partial charge is 0.277 e. The number of nitrogens with zero attached hydrogens (tertiary/aromatic N) is 1. The summed E-state index contributed by atoms with van der Waals surface area (Å²) in [5, 5.41) is 1.22. The lowest BCUT2D eigenvalue weighted by molar-refractivity contribution is 1.14. The number of rotatable bonds is 2. The lowest BCUT2D eigenvalue weighted by Crippen LogP contribution is -1.92. The van der Waals surface area contributed by atoms with Gasteiger partial charge in [-0.05, 0) is 18.1 Å². The standard InChI is InChI=1S/C11H13NS/c1-2-9-4-3-5-10(8-9)11-12-6-7-13-11/h3-5,8H,2,6-7H2,1H3. The van der Waals surface area contributed by atoms with Gasteiger partial charge in [-0.25, -0.2) is 0 Å².